The number of nitrogen functional groups attached to an aromatic ring is 1. The molecule has 0 spiro atoms. The normalized spacial score (nSPS) is 12.6. The van der Waals surface area contributed by atoms with Crippen LogP contribution < -0.4 is 5.73 Å². The van der Waals surface area contributed by atoms with Crippen LogP contribution in [0.4, 0.5) is 5.82 Å². The summed E-state index contributed by atoms with van der Waals surface area (Å²) in [5.41, 5.74) is 7.54. The van der Waals surface area contributed by atoms with E-state index < -0.39 is 6.10 Å². The standard InChI is InChI=1S/C12H14BrN3O/c1-16-12(14)10(7-15-16)11(17)6-8-3-2-4-9(13)5-8/h2-5,7,11,17H,6,14H2,1H3. The molecule has 90 valence electrons. The number of aryl methyl sites for hydroxylation is 1. The van der Waals surface area contributed by atoms with Crippen molar-refractivity contribution in [2.45, 2.75) is 12.5 Å². The molecule has 1 unspecified atom stereocenters. The van der Waals surface area contributed by atoms with Crippen molar-refractivity contribution in [1.82, 2.24) is 9.78 Å². The number of nitrogens with two attached hydrogens (primary N) is 1. The van der Waals surface area contributed by atoms with Gasteiger partial charge in [0.05, 0.1) is 12.3 Å². The van der Waals surface area contributed by atoms with E-state index in [4.69, 9.17) is 5.73 Å². The number of halogens is 1. The van der Waals surface area contributed by atoms with E-state index in [0.717, 1.165) is 10.0 Å². The van der Waals surface area contributed by atoms with Crippen LogP contribution in [0, 0.1) is 0 Å². The van der Waals surface area contributed by atoms with Crippen LogP contribution >= 0.6 is 15.9 Å². The molecule has 2 rings (SSSR count). The topological polar surface area (TPSA) is 64.1 Å². The van der Waals surface area contributed by atoms with E-state index in [0.29, 0.717) is 17.8 Å². The molecule has 1 aromatic heterocycles. The van der Waals surface area contributed by atoms with E-state index in [2.05, 4.69) is 21.0 Å². The highest BCUT2D eigenvalue weighted by atomic mass is 79.9. The minimum Gasteiger partial charge on any atom is -0.388 e. The second-order valence-corrected chi connectivity index (χ2v) is 4.87. The third-order valence-electron chi connectivity index (χ3n) is 2.69. The van der Waals surface area contributed by atoms with E-state index in [1.807, 2.05) is 24.3 Å². The molecule has 0 bridgehead atoms. The summed E-state index contributed by atoms with van der Waals surface area (Å²) in [6.07, 6.45) is 1.51. The molecule has 0 amide bonds. The predicted molar refractivity (Wildman–Crippen MR) is 70.4 cm³/mol. The third kappa shape index (κ3) is 2.68. The summed E-state index contributed by atoms with van der Waals surface area (Å²) in [4.78, 5) is 0. The van der Waals surface area contributed by atoms with Gasteiger partial charge in [0.15, 0.2) is 0 Å². The fourth-order valence-corrected chi connectivity index (χ4v) is 2.16. The van der Waals surface area contributed by atoms with Gasteiger partial charge in [-0.25, -0.2) is 0 Å². The second-order valence-electron chi connectivity index (χ2n) is 3.96. The zero-order valence-corrected chi connectivity index (χ0v) is 11.1. The van der Waals surface area contributed by atoms with E-state index in [9.17, 15) is 5.11 Å². The third-order valence-corrected chi connectivity index (χ3v) is 3.18. The van der Waals surface area contributed by atoms with Crippen molar-refractivity contribution >= 4 is 21.7 Å². The smallest absolute Gasteiger partial charge is 0.127 e. The quantitative estimate of drug-likeness (QED) is 0.911. The van der Waals surface area contributed by atoms with Gasteiger partial charge in [0.1, 0.15) is 5.82 Å². The molecule has 0 aliphatic heterocycles. The summed E-state index contributed by atoms with van der Waals surface area (Å²) in [5.74, 6) is 0.507. The number of hydrogen-bond acceptors (Lipinski definition) is 3. The van der Waals surface area contributed by atoms with Crippen molar-refractivity contribution in [3.05, 3.63) is 46.1 Å². The maximum Gasteiger partial charge on any atom is 0.127 e. The van der Waals surface area contributed by atoms with E-state index >= 15 is 0 Å². The average molecular weight is 296 g/mol. The summed E-state index contributed by atoms with van der Waals surface area (Å²) in [5, 5.41) is 14.1. The average Bonchev–Trinajstić information content (AvgIpc) is 2.60. The van der Waals surface area contributed by atoms with E-state index in [-0.39, 0.29) is 0 Å². The number of benzene rings is 1. The Balaban J connectivity index is 2.17. The molecule has 4 nitrogen and oxygen atoms in total. The Morgan fingerprint density at radius 2 is 2.29 bits per heavy atom. The molecule has 0 saturated heterocycles. The number of aliphatic hydroxyl groups excluding tert-OH is 1. The summed E-state index contributed by atoms with van der Waals surface area (Å²) >= 11 is 3.40. The van der Waals surface area contributed by atoms with Gasteiger partial charge in [-0.15, -0.1) is 0 Å². The number of nitrogens with zero attached hydrogens (tertiary/aromatic N) is 2. The number of hydrogen-bond donors (Lipinski definition) is 2. The van der Waals surface area contributed by atoms with Crippen LogP contribution in [0.1, 0.15) is 17.2 Å². The number of aromatic nitrogens is 2. The van der Waals surface area contributed by atoms with Crippen LogP contribution in [0.5, 0.6) is 0 Å². The van der Waals surface area contributed by atoms with E-state index in [1.165, 1.54) is 0 Å². The molecule has 1 aromatic carbocycles. The Bertz CT molecular complexity index is 524. The van der Waals surface area contributed by atoms with Gasteiger partial charge < -0.3 is 10.8 Å². The molecule has 0 fully saturated rings. The van der Waals surface area contributed by atoms with Gasteiger partial charge >= 0.3 is 0 Å². The van der Waals surface area contributed by atoms with Crippen molar-refractivity contribution in [2.24, 2.45) is 7.05 Å². The number of aliphatic hydroxyl groups is 1. The molecule has 0 aliphatic rings. The zero-order chi connectivity index (χ0) is 12.4. The fraction of sp³-hybridized carbons (Fsp3) is 0.250. The summed E-state index contributed by atoms with van der Waals surface area (Å²) in [6, 6.07) is 7.85. The lowest BCUT2D eigenvalue weighted by Crippen LogP contribution is -2.06. The van der Waals surface area contributed by atoms with Gasteiger partial charge in [-0.3, -0.25) is 4.68 Å². The first kappa shape index (κ1) is 12.1. The van der Waals surface area contributed by atoms with Gasteiger partial charge in [0.2, 0.25) is 0 Å². The Labute approximate surface area is 108 Å². The van der Waals surface area contributed by atoms with Crippen LogP contribution in [0.3, 0.4) is 0 Å². The number of anilines is 1. The fourth-order valence-electron chi connectivity index (χ4n) is 1.72. The summed E-state index contributed by atoms with van der Waals surface area (Å²) in [6.45, 7) is 0. The monoisotopic (exact) mass is 295 g/mol. The first-order chi connectivity index (χ1) is 8.08. The maximum atomic E-state index is 10.1. The van der Waals surface area contributed by atoms with Crippen molar-refractivity contribution in [2.75, 3.05) is 5.73 Å². The first-order valence-corrected chi connectivity index (χ1v) is 6.07. The number of rotatable bonds is 3. The largest absolute Gasteiger partial charge is 0.388 e. The van der Waals surface area contributed by atoms with Gasteiger partial charge in [-0.05, 0) is 17.7 Å². The van der Waals surface area contributed by atoms with Crippen LogP contribution in [-0.2, 0) is 13.5 Å². The highest BCUT2D eigenvalue weighted by Crippen LogP contribution is 2.24. The maximum absolute atomic E-state index is 10.1. The van der Waals surface area contributed by atoms with Crippen molar-refractivity contribution in [3.63, 3.8) is 0 Å². The van der Waals surface area contributed by atoms with E-state index in [1.54, 1.807) is 17.9 Å². The highest BCUT2D eigenvalue weighted by molar-refractivity contribution is 9.10. The van der Waals surface area contributed by atoms with Crippen LogP contribution in [0.15, 0.2) is 34.9 Å². The van der Waals surface area contributed by atoms with Crippen molar-refractivity contribution in [3.8, 4) is 0 Å². The zero-order valence-electron chi connectivity index (χ0n) is 9.47. The van der Waals surface area contributed by atoms with Gasteiger partial charge in [0, 0.05) is 23.5 Å². The Morgan fingerprint density at radius 1 is 1.53 bits per heavy atom. The minimum absolute atomic E-state index is 0.507. The Kier molecular flexibility index (Phi) is 3.49. The summed E-state index contributed by atoms with van der Waals surface area (Å²) in [7, 11) is 1.75. The molecule has 17 heavy (non-hydrogen) atoms. The molecule has 0 radical (unpaired) electrons. The molecule has 3 N–H and O–H groups in total. The first-order valence-electron chi connectivity index (χ1n) is 5.28. The second kappa shape index (κ2) is 4.89. The van der Waals surface area contributed by atoms with Crippen LogP contribution in [0.2, 0.25) is 0 Å². The van der Waals surface area contributed by atoms with Gasteiger partial charge in [0.25, 0.3) is 0 Å². The minimum atomic E-state index is -0.627. The highest BCUT2D eigenvalue weighted by Gasteiger charge is 2.15. The molecular weight excluding hydrogens is 282 g/mol. The molecule has 1 heterocycles. The lowest BCUT2D eigenvalue weighted by molar-refractivity contribution is 0.179. The molecule has 2 aromatic rings. The predicted octanol–water partition coefficient (Wildman–Crippen LogP) is 2.04. The molecule has 5 heteroatoms. The SMILES string of the molecule is Cn1ncc(C(O)Cc2cccc(Br)c2)c1N. The summed E-state index contributed by atoms with van der Waals surface area (Å²) < 4.78 is 2.56. The molecular formula is C12H14BrN3O. The Morgan fingerprint density at radius 3 is 2.88 bits per heavy atom. The van der Waals surface area contributed by atoms with Crippen molar-refractivity contribution in [1.29, 1.82) is 0 Å². The van der Waals surface area contributed by atoms with Gasteiger partial charge in [-0.2, -0.15) is 5.10 Å². The molecule has 0 aliphatic carbocycles. The van der Waals surface area contributed by atoms with Crippen LogP contribution in [0.25, 0.3) is 0 Å². The molecule has 1 atom stereocenters. The van der Waals surface area contributed by atoms with Gasteiger partial charge in [-0.1, -0.05) is 28.1 Å². The molecule has 0 saturated carbocycles. The lowest BCUT2D eigenvalue weighted by Gasteiger charge is -2.10. The lowest BCUT2D eigenvalue weighted by atomic mass is 10.0. The van der Waals surface area contributed by atoms with Crippen LogP contribution in [-0.4, -0.2) is 14.9 Å². The Hall–Kier alpha value is -1.33. The van der Waals surface area contributed by atoms with Crippen molar-refractivity contribution < 1.29 is 5.11 Å².